The van der Waals surface area contributed by atoms with Gasteiger partial charge in [0.1, 0.15) is 17.4 Å². The smallest absolute Gasteiger partial charge is 0.309 e. The third kappa shape index (κ3) is 5.76. The van der Waals surface area contributed by atoms with E-state index in [9.17, 15) is 19.1 Å². The quantitative estimate of drug-likeness (QED) is 0.318. The number of ether oxygens (including phenoxy) is 3. The number of amides is 1. The molecule has 3 atom stereocenters. The summed E-state index contributed by atoms with van der Waals surface area (Å²) in [6.07, 6.45) is 1.02. The van der Waals surface area contributed by atoms with Crippen molar-refractivity contribution in [3.05, 3.63) is 82.4 Å². The predicted octanol–water partition coefficient (Wildman–Crippen LogP) is 5.70. The Bertz CT molecular complexity index is 1470. The summed E-state index contributed by atoms with van der Waals surface area (Å²) < 4.78 is 46.1. The van der Waals surface area contributed by atoms with E-state index in [2.05, 4.69) is 5.32 Å². The Morgan fingerprint density at radius 1 is 1.00 bits per heavy atom. The Labute approximate surface area is 243 Å². The van der Waals surface area contributed by atoms with Gasteiger partial charge in [0.05, 0.1) is 25.1 Å². The molecule has 10 heteroatoms. The second-order valence-corrected chi connectivity index (χ2v) is 10.4. The highest BCUT2D eigenvalue weighted by Crippen LogP contribution is 2.48. The zero-order valence-corrected chi connectivity index (χ0v) is 23.8. The summed E-state index contributed by atoms with van der Waals surface area (Å²) in [6, 6.07) is 11.5. The lowest BCUT2D eigenvalue weighted by molar-refractivity contribution is -0.143. The van der Waals surface area contributed by atoms with Crippen LogP contribution >= 0.6 is 0 Å². The predicted molar refractivity (Wildman–Crippen MR) is 152 cm³/mol. The van der Waals surface area contributed by atoms with Crippen molar-refractivity contribution in [3.8, 4) is 17.2 Å². The summed E-state index contributed by atoms with van der Waals surface area (Å²) in [6.45, 7) is 5.93. The zero-order chi connectivity index (χ0) is 30.0. The maximum atomic E-state index is 15.6. The van der Waals surface area contributed by atoms with Gasteiger partial charge in [0.25, 0.3) is 0 Å². The largest absolute Gasteiger partial charge is 0.494 e. The molecule has 1 saturated heterocycles. The number of carboxylic acids is 1. The second-order valence-electron chi connectivity index (χ2n) is 10.4. The average Bonchev–Trinajstić information content (AvgIpc) is 3.58. The van der Waals surface area contributed by atoms with Gasteiger partial charge in [-0.25, -0.2) is 8.78 Å². The normalized spacial score (nSPS) is 19.6. The Hall–Kier alpha value is -4.18. The standard InChI is InChI=1S/C32H34F2N2O6/c1-4-18-11-21(33)12-19(5-2)30(18)35-28(37)16-36-15-24(20-7-10-26-27(13-20)42-17-41-26)29(32(38)39)31(36)23-9-8-22(40-6-3)14-25(23)34/h7-14,24,29,31H,4-6,15-17H2,1-3H3,(H,35,37)(H,38,39)/t24-,29?,31+/m1/s1. The van der Waals surface area contributed by atoms with Crippen molar-refractivity contribution in [3.63, 3.8) is 0 Å². The molecule has 5 rings (SSSR count). The number of rotatable bonds is 10. The molecule has 2 aliphatic heterocycles. The van der Waals surface area contributed by atoms with Crippen LogP contribution in [0.5, 0.6) is 17.2 Å². The van der Waals surface area contributed by atoms with Crippen LogP contribution in [0.1, 0.15) is 55.0 Å². The van der Waals surface area contributed by atoms with Gasteiger partial charge in [0, 0.05) is 29.8 Å². The van der Waals surface area contributed by atoms with E-state index < -0.39 is 35.6 Å². The molecule has 0 spiro atoms. The van der Waals surface area contributed by atoms with E-state index in [1.165, 1.54) is 24.3 Å². The topological polar surface area (TPSA) is 97.3 Å². The fourth-order valence-corrected chi connectivity index (χ4v) is 6.05. The Morgan fingerprint density at radius 3 is 2.36 bits per heavy atom. The van der Waals surface area contributed by atoms with E-state index >= 15 is 4.39 Å². The van der Waals surface area contributed by atoms with E-state index in [-0.39, 0.29) is 31.3 Å². The van der Waals surface area contributed by atoms with Gasteiger partial charge >= 0.3 is 5.97 Å². The highest BCUT2D eigenvalue weighted by molar-refractivity contribution is 5.94. The Kier molecular flexibility index (Phi) is 8.63. The van der Waals surface area contributed by atoms with Gasteiger partial charge in [-0.15, -0.1) is 0 Å². The molecule has 3 aromatic carbocycles. The van der Waals surface area contributed by atoms with Crippen molar-refractivity contribution in [2.24, 2.45) is 5.92 Å². The van der Waals surface area contributed by atoms with Crippen molar-refractivity contribution in [2.75, 3.05) is 31.8 Å². The van der Waals surface area contributed by atoms with Crippen molar-refractivity contribution in [1.82, 2.24) is 4.90 Å². The highest BCUT2D eigenvalue weighted by atomic mass is 19.1. The van der Waals surface area contributed by atoms with Crippen LogP contribution in [0.25, 0.3) is 0 Å². The first-order valence-electron chi connectivity index (χ1n) is 14.1. The average molecular weight is 581 g/mol. The molecule has 2 heterocycles. The number of hydrogen-bond acceptors (Lipinski definition) is 6. The number of anilines is 1. The summed E-state index contributed by atoms with van der Waals surface area (Å²) in [7, 11) is 0. The molecule has 42 heavy (non-hydrogen) atoms. The lowest BCUT2D eigenvalue weighted by Crippen LogP contribution is -2.36. The van der Waals surface area contributed by atoms with Crippen LogP contribution in [0.15, 0.2) is 48.5 Å². The monoisotopic (exact) mass is 580 g/mol. The number of aliphatic carboxylic acids is 1. The summed E-state index contributed by atoms with van der Waals surface area (Å²) in [4.78, 5) is 28.1. The van der Waals surface area contributed by atoms with E-state index in [4.69, 9.17) is 14.2 Å². The number of benzene rings is 3. The molecular formula is C32H34F2N2O6. The summed E-state index contributed by atoms with van der Waals surface area (Å²) >= 11 is 0. The number of carbonyl (C=O) groups is 2. The van der Waals surface area contributed by atoms with Crippen LogP contribution in [0.2, 0.25) is 0 Å². The van der Waals surface area contributed by atoms with E-state index in [1.54, 1.807) is 36.1 Å². The molecule has 8 nitrogen and oxygen atoms in total. The van der Waals surface area contributed by atoms with Gasteiger partial charge < -0.3 is 24.6 Å². The minimum absolute atomic E-state index is 0.0704. The molecule has 2 N–H and O–H groups in total. The van der Waals surface area contributed by atoms with E-state index in [0.29, 0.717) is 59.1 Å². The van der Waals surface area contributed by atoms with Crippen molar-refractivity contribution >= 4 is 17.6 Å². The lowest BCUT2D eigenvalue weighted by Gasteiger charge is -2.27. The summed E-state index contributed by atoms with van der Waals surface area (Å²) in [5.41, 5.74) is 2.73. The number of carboxylic acid groups (broad SMARTS) is 1. The second kappa shape index (κ2) is 12.4. The number of nitrogens with zero attached hydrogens (tertiary/aromatic N) is 1. The third-order valence-corrected chi connectivity index (χ3v) is 7.95. The first-order chi connectivity index (χ1) is 20.2. The summed E-state index contributed by atoms with van der Waals surface area (Å²) in [5.74, 6) is -2.76. The van der Waals surface area contributed by atoms with Gasteiger partial charge in [0.15, 0.2) is 11.5 Å². The molecule has 3 aromatic rings. The molecule has 2 aliphatic rings. The third-order valence-electron chi connectivity index (χ3n) is 7.95. The first-order valence-corrected chi connectivity index (χ1v) is 14.1. The van der Waals surface area contributed by atoms with Gasteiger partial charge in [-0.1, -0.05) is 26.0 Å². The maximum absolute atomic E-state index is 15.6. The molecule has 0 aromatic heterocycles. The fraction of sp³-hybridized carbons (Fsp3) is 0.375. The van der Waals surface area contributed by atoms with Crippen LogP contribution in [0, 0.1) is 17.6 Å². The van der Waals surface area contributed by atoms with Crippen LogP contribution < -0.4 is 19.5 Å². The molecule has 0 saturated carbocycles. The molecule has 1 fully saturated rings. The minimum Gasteiger partial charge on any atom is -0.494 e. The number of hydrogen-bond donors (Lipinski definition) is 2. The first kappa shape index (κ1) is 29.3. The van der Waals surface area contributed by atoms with Crippen LogP contribution in [0.3, 0.4) is 0 Å². The van der Waals surface area contributed by atoms with Crippen molar-refractivity contribution < 1.29 is 37.7 Å². The van der Waals surface area contributed by atoms with Gasteiger partial charge in [-0.05, 0) is 66.8 Å². The molecule has 0 aliphatic carbocycles. The van der Waals surface area contributed by atoms with Gasteiger partial charge in [-0.3, -0.25) is 14.5 Å². The number of aryl methyl sites for hydroxylation is 2. The number of carbonyl (C=O) groups excluding carboxylic acids is 1. The van der Waals surface area contributed by atoms with E-state index in [1.807, 2.05) is 13.8 Å². The van der Waals surface area contributed by atoms with Crippen LogP contribution in [-0.2, 0) is 22.4 Å². The van der Waals surface area contributed by atoms with Gasteiger partial charge in [-0.2, -0.15) is 0 Å². The van der Waals surface area contributed by atoms with Gasteiger partial charge in [0.2, 0.25) is 12.7 Å². The summed E-state index contributed by atoms with van der Waals surface area (Å²) in [5, 5.41) is 13.4. The molecule has 1 amide bonds. The number of likely N-dealkylation sites (tertiary alicyclic amines) is 1. The molecular weight excluding hydrogens is 546 g/mol. The zero-order valence-electron chi connectivity index (χ0n) is 23.8. The van der Waals surface area contributed by atoms with Crippen LogP contribution in [0.4, 0.5) is 14.5 Å². The highest BCUT2D eigenvalue weighted by Gasteiger charge is 2.49. The maximum Gasteiger partial charge on any atom is 0.309 e. The number of halogens is 2. The van der Waals surface area contributed by atoms with Crippen molar-refractivity contribution in [1.29, 1.82) is 0 Å². The van der Waals surface area contributed by atoms with E-state index in [0.717, 1.165) is 0 Å². The fourth-order valence-electron chi connectivity index (χ4n) is 6.05. The number of fused-ring (bicyclic) bond motifs is 1. The molecule has 1 unspecified atom stereocenters. The van der Waals surface area contributed by atoms with Crippen LogP contribution in [-0.4, -0.2) is 48.4 Å². The lowest BCUT2D eigenvalue weighted by atomic mass is 9.82. The SMILES string of the molecule is CCOc1ccc([C@H]2C(C(=O)O)[C@@H](c3ccc4c(c3)OCO4)CN2CC(=O)Nc2c(CC)cc(F)cc2CC)c(F)c1. The Balaban J connectivity index is 1.52. The number of nitrogens with one attached hydrogen (secondary N) is 1. The molecule has 0 bridgehead atoms. The minimum atomic E-state index is -1.11. The molecule has 222 valence electrons. The Morgan fingerprint density at radius 2 is 1.71 bits per heavy atom. The molecule has 0 radical (unpaired) electrons. The van der Waals surface area contributed by atoms with Crippen molar-refractivity contribution in [2.45, 2.75) is 45.6 Å².